The molecule has 30 heavy (non-hydrogen) atoms. The molecular weight excluding hydrogens is 419 g/mol. The lowest BCUT2D eigenvalue weighted by Crippen LogP contribution is -2.15. The summed E-state index contributed by atoms with van der Waals surface area (Å²) in [5, 5.41) is 17.9. The first-order valence-electron chi connectivity index (χ1n) is 9.27. The molecular formula is C23H20Cl2N4O. The standard InChI is InChI=1S/C23H20Cl2N4O/c1-14-5-4-6-15(2)21(14)27-23(30)18(12-26)11-20-16(3)28-29(22(20)25)13-17-7-9-19(24)10-8-17/h4-11H,13H2,1-3H3,(H,27,30)/b18-11+. The van der Waals surface area contributed by atoms with Gasteiger partial charge in [0, 0.05) is 16.3 Å². The topological polar surface area (TPSA) is 70.7 Å². The van der Waals surface area contributed by atoms with Gasteiger partial charge in [0.2, 0.25) is 0 Å². The van der Waals surface area contributed by atoms with Gasteiger partial charge in [0.25, 0.3) is 5.91 Å². The maximum Gasteiger partial charge on any atom is 0.266 e. The summed E-state index contributed by atoms with van der Waals surface area (Å²) in [5.41, 5.74) is 4.64. The zero-order valence-electron chi connectivity index (χ0n) is 16.8. The van der Waals surface area contributed by atoms with Crippen molar-refractivity contribution in [3.63, 3.8) is 0 Å². The molecule has 1 amide bonds. The maximum absolute atomic E-state index is 12.7. The van der Waals surface area contributed by atoms with Crippen LogP contribution in [0.5, 0.6) is 0 Å². The second-order valence-corrected chi connectivity index (χ2v) is 7.76. The zero-order valence-corrected chi connectivity index (χ0v) is 18.3. The summed E-state index contributed by atoms with van der Waals surface area (Å²) in [5.74, 6) is -0.490. The molecule has 0 aliphatic rings. The van der Waals surface area contributed by atoms with Gasteiger partial charge in [-0.15, -0.1) is 0 Å². The van der Waals surface area contributed by atoms with Gasteiger partial charge in [-0.2, -0.15) is 10.4 Å². The fourth-order valence-electron chi connectivity index (χ4n) is 3.08. The quantitative estimate of drug-likeness (QED) is 0.409. The molecule has 0 saturated carbocycles. The van der Waals surface area contributed by atoms with Crippen LogP contribution in [0.15, 0.2) is 48.0 Å². The van der Waals surface area contributed by atoms with Crippen molar-refractivity contribution in [3.05, 3.63) is 86.2 Å². The van der Waals surface area contributed by atoms with Crippen LogP contribution < -0.4 is 5.32 Å². The maximum atomic E-state index is 12.7. The van der Waals surface area contributed by atoms with Gasteiger partial charge < -0.3 is 5.32 Å². The number of anilines is 1. The van der Waals surface area contributed by atoms with E-state index in [1.54, 1.807) is 23.7 Å². The van der Waals surface area contributed by atoms with Crippen LogP contribution in [0.3, 0.4) is 0 Å². The second kappa shape index (κ2) is 9.17. The lowest BCUT2D eigenvalue weighted by molar-refractivity contribution is -0.112. The molecule has 0 fully saturated rings. The Labute approximate surface area is 185 Å². The largest absolute Gasteiger partial charge is 0.321 e. The van der Waals surface area contributed by atoms with E-state index in [-0.39, 0.29) is 5.57 Å². The number of carbonyl (C=O) groups is 1. The van der Waals surface area contributed by atoms with E-state index >= 15 is 0 Å². The Morgan fingerprint density at radius 3 is 2.37 bits per heavy atom. The van der Waals surface area contributed by atoms with E-state index in [9.17, 15) is 10.1 Å². The summed E-state index contributed by atoms with van der Waals surface area (Å²) in [4.78, 5) is 12.7. The summed E-state index contributed by atoms with van der Waals surface area (Å²) in [6.45, 7) is 6.04. The van der Waals surface area contributed by atoms with E-state index < -0.39 is 5.91 Å². The SMILES string of the molecule is Cc1cccc(C)c1NC(=O)/C(C#N)=C/c1c(C)nn(Cc2ccc(Cl)cc2)c1Cl. The van der Waals surface area contributed by atoms with Crippen molar-refractivity contribution in [2.75, 3.05) is 5.32 Å². The molecule has 3 rings (SSSR count). The number of aryl methyl sites for hydroxylation is 3. The highest BCUT2D eigenvalue weighted by molar-refractivity contribution is 6.31. The van der Waals surface area contributed by atoms with Crippen molar-refractivity contribution in [3.8, 4) is 6.07 Å². The first-order chi connectivity index (χ1) is 14.3. The van der Waals surface area contributed by atoms with Gasteiger partial charge in [-0.05, 0) is 55.7 Å². The first-order valence-corrected chi connectivity index (χ1v) is 10.0. The lowest BCUT2D eigenvalue weighted by atomic mass is 10.1. The normalized spacial score (nSPS) is 11.3. The minimum Gasteiger partial charge on any atom is -0.321 e. The molecule has 0 unspecified atom stereocenters. The monoisotopic (exact) mass is 438 g/mol. The minimum atomic E-state index is -0.490. The van der Waals surface area contributed by atoms with Crippen molar-refractivity contribution in [1.82, 2.24) is 9.78 Å². The molecule has 0 radical (unpaired) electrons. The number of amides is 1. The van der Waals surface area contributed by atoms with Gasteiger partial charge in [-0.1, -0.05) is 53.5 Å². The Hall–Kier alpha value is -3.07. The molecule has 1 N–H and O–H groups in total. The summed E-state index contributed by atoms with van der Waals surface area (Å²) >= 11 is 12.4. The van der Waals surface area contributed by atoms with Crippen LogP contribution in [-0.4, -0.2) is 15.7 Å². The average Bonchev–Trinajstić information content (AvgIpc) is 2.97. The molecule has 5 nitrogen and oxygen atoms in total. The number of rotatable bonds is 5. The van der Waals surface area contributed by atoms with Gasteiger partial charge in [0.15, 0.2) is 0 Å². The van der Waals surface area contributed by atoms with E-state index in [4.69, 9.17) is 23.2 Å². The molecule has 0 saturated heterocycles. The number of aromatic nitrogens is 2. The predicted octanol–water partition coefficient (Wildman–Crippen LogP) is 5.71. The smallest absolute Gasteiger partial charge is 0.266 e. The van der Waals surface area contributed by atoms with Crippen molar-refractivity contribution in [1.29, 1.82) is 5.26 Å². The Bertz CT molecular complexity index is 1150. The fourth-order valence-corrected chi connectivity index (χ4v) is 3.50. The van der Waals surface area contributed by atoms with Crippen LogP contribution in [0.1, 0.15) is 27.9 Å². The molecule has 152 valence electrons. The van der Waals surface area contributed by atoms with Crippen molar-refractivity contribution >= 4 is 40.9 Å². The summed E-state index contributed by atoms with van der Waals surface area (Å²) in [6, 6.07) is 15.1. The van der Waals surface area contributed by atoms with E-state index in [2.05, 4.69) is 10.4 Å². The number of benzene rings is 2. The van der Waals surface area contributed by atoms with Crippen LogP contribution in [-0.2, 0) is 11.3 Å². The highest BCUT2D eigenvalue weighted by Gasteiger charge is 2.17. The zero-order chi connectivity index (χ0) is 21.8. The third kappa shape index (κ3) is 4.73. The van der Waals surface area contributed by atoms with Crippen LogP contribution >= 0.6 is 23.2 Å². The Morgan fingerprint density at radius 1 is 1.13 bits per heavy atom. The Balaban J connectivity index is 1.88. The summed E-state index contributed by atoms with van der Waals surface area (Å²) in [7, 11) is 0. The summed E-state index contributed by atoms with van der Waals surface area (Å²) in [6.07, 6.45) is 1.48. The average molecular weight is 439 g/mol. The first kappa shape index (κ1) is 21.6. The molecule has 2 aromatic carbocycles. The van der Waals surface area contributed by atoms with Crippen LogP contribution in [0.2, 0.25) is 10.2 Å². The molecule has 0 spiro atoms. The van der Waals surface area contributed by atoms with Crippen LogP contribution in [0, 0.1) is 32.1 Å². The Kier molecular flexibility index (Phi) is 6.61. The Morgan fingerprint density at radius 2 is 1.77 bits per heavy atom. The minimum absolute atomic E-state index is 0.0475. The number of nitriles is 1. The van der Waals surface area contributed by atoms with E-state index in [1.807, 2.05) is 50.2 Å². The van der Waals surface area contributed by atoms with E-state index in [1.165, 1.54) is 6.08 Å². The fraction of sp³-hybridized carbons (Fsp3) is 0.174. The number of nitrogens with one attached hydrogen (secondary N) is 1. The number of nitrogens with zero attached hydrogens (tertiary/aromatic N) is 3. The van der Waals surface area contributed by atoms with E-state index in [0.717, 1.165) is 16.7 Å². The number of hydrogen-bond acceptors (Lipinski definition) is 3. The number of halogens is 2. The molecule has 0 atom stereocenters. The summed E-state index contributed by atoms with van der Waals surface area (Å²) < 4.78 is 1.63. The van der Waals surface area contributed by atoms with Gasteiger partial charge in [0.1, 0.15) is 16.8 Å². The lowest BCUT2D eigenvalue weighted by Gasteiger charge is -2.10. The van der Waals surface area contributed by atoms with E-state index in [0.29, 0.717) is 33.7 Å². The number of hydrogen-bond donors (Lipinski definition) is 1. The highest BCUT2D eigenvalue weighted by atomic mass is 35.5. The molecule has 3 aromatic rings. The highest BCUT2D eigenvalue weighted by Crippen LogP contribution is 2.25. The molecule has 0 aliphatic heterocycles. The molecule has 0 aliphatic carbocycles. The molecule has 1 aromatic heterocycles. The number of carbonyl (C=O) groups excluding carboxylic acids is 1. The van der Waals surface area contributed by atoms with Crippen molar-refractivity contribution < 1.29 is 4.79 Å². The van der Waals surface area contributed by atoms with Crippen LogP contribution in [0.4, 0.5) is 5.69 Å². The van der Waals surface area contributed by atoms with Crippen LogP contribution in [0.25, 0.3) is 6.08 Å². The van der Waals surface area contributed by atoms with Crippen molar-refractivity contribution in [2.24, 2.45) is 0 Å². The third-order valence-corrected chi connectivity index (χ3v) is 5.38. The van der Waals surface area contributed by atoms with Gasteiger partial charge >= 0.3 is 0 Å². The van der Waals surface area contributed by atoms with Gasteiger partial charge in [-0.3, -0.25) is 4.79 Å². The molecule has 0 bridgehead atoms. The third-order valence-electron chi connectivity index (χ3n) is 4.73. The molecule has 1 heterocycles. The van der Waals surface area contributed by atoms with Crippen molar-refractivity contribution in [2.45, 2.75) is 27.3 Å². The molecule has 7 heteroatoms. The second-order valence-electron chi connectivity index (χ2n) is 6.96. The predicted molar refractivity (Wildman–Crippen MR) is 121 cm³/mol. The number of para-hydroxylation sites is 1. The van der Waals surface area contributed by atoms with Gasteiger partial charge in [0.05, 0.1) is 12.2 Å². The van der Waals surface area contributed by atoms with Gasteiger partial charge in [-0.25, -0.2) is 4.68 Å².